The van der Waals surface area contributed by atoms with Gasteiger partial charge in [-0.05, 0) is 65.8 Å². The van der Waals surface area contributed by atoms with Crippen LogP contribution in [0.3, 0.4) is 0 Å². The molecule has 1 heterocycles. The van der Waals surface area contributed by atoms with E-state index in [0.29, 0.717) is 11.3 Å². The molecule has 0 bridgehead atoms. The minimum Gasteiger partial charge on any atom is -0.456 e. The fourth-order valence-electron chi connectivity index (χ4n) is 2.59. The fraction of sp³-hybridized carbons (Fsp3) is 0.458. The fourth-order valence-corrected chi connectivity index (χ4v) is 3.83. The van der Waals surface area contributed by atoms with Crippen LogP contribution in [0.4, 0.5) is 10.5 Å². The van der Waals surface area contributed by atoms with Gasteiger partial charge in [-0.25, -0.2) is 14.7 Å². The van der Waals surface area contributed by atoms with Gasteiger partial charge in [0.1, 0.15) is 24.8 Å². The number of benzene rings is 1. The summed E-state index contributed by atoms with van der Waals surface area (Å²) in [6.45, 7) is 18.2. The number of nitrogens with one attached hydrogen (secondary N) is 1. The molecular formula is C24H35N4O7P. The van der Waals surface area contributed by atoms with E-state index in [2.05, 4.69) is 23.7 Å². The molecule has 0 aliphatic carbocycles. The summed E-state index contributed by atoms with van der Waals surface area (Å²) in [5, 5.41) is 5.02. The molecule has 3 amide bonds. The van der Waals surface area contributed by atoms with Gasteiger partial charge in [-0.3, -0.25) is 19.6 Å². The van der Waals surface area contributed by atoms with Crippen molar-refractivity contribution >= 4 is 38.2 Å². The van der Waals surface area contributed by atoms with E-state index >= 15 is 0 Å². The first-order chi connectivity index (χ1) is 16.7. The Hall–Kier alpha value is -2.82. The van der Waals surface area contributed by atoms with Gasteiger partial charge in [0, 0.05) is 5.56 Å². The predicted molar refractivity (Wildman–Crippen MR) is 138 cm³/mol. The largest absolute Gasteiger partial charge is 0.456 e. The summed E-state index contributed by atoms with van der Waals surface area (Å²) in [7, 11) is -0.299. The lowest BCUT2D eigenvalue weighted by molar-refractivity contribution is -0.127. The van der Waals surface area contributed by atoms with Crippen LogP contribution in [0.15, 0.2) is 48.3 Å². The number of carbonyl (C=O) groups is 2. The Morgan fingerprint density at radius 1 is 1.08 bits per heavy atom. The van der Waals surface area contributed by atoms with E-state index in [4.69, 9.17) is 23.1 Å². The molecule has 2 rings (SSSR count). The number of ether oxygens (including phenoxy) is 1. The molecular weight excluding hydrogens is 487 g/mol. The third-order valence-corrected chi connectivity index (χ3v) is 5.77. The van der Waals surface area contributed by atoms with Crippen molar-refractivity contribution in [2.75, 3.05) is 25.9 Å². The molecule has 12 heteroatoms. The minimum atomic E-state index is -1.82. The molecule has 198 valence electrons. The molecule has 1 aromatic carbocycles. The molecule has 1 aromatic rings. The van der Waals surface area contributed by atoms with Crippen LogP contribution < -0.4 is 5.48 Å². The maximum absolute atomic E-state index is 12.7. The average Bonchev–Trinajstić information content (AvgIpc) is 3.01. The lowest BCUT2D eigenvalue weighted by atomic mass is 10.2. The molecule has 1 saturated heterocycles. The first-order valence-corrected chi connectivity index (χ1v) is 12.2. The zero-order valence-electron chi connectivity index (χ0n) is 21.9. The number of rotatable bonds is 12. The van der Waals surface area contributed by atoms with Crippen LogP contribution in [0.25, 0.3) is 5.76 Å². The summed E-state index contributed by atoms with van der Waals surface area (Å²) in [5.41, 5.74) is 3.11. The number of amides is 3. The Labute approximate surface area is 213 Å². The second-order valence-corrected chi connectivity index (χ2v) is 10.7. The molecule has 0 atom stereocenters. The second kappa shape index (κ2) is 12.4. The van der Waals surface area contributed by atoms with Gasteiger partial charge in [0.05, 0.1) is 30.2 Å². The Morgan fingerprint density at radius 2 is 1.67 bits per heavy atom. The highest BCUT2D eigenvalue weighted by molar-refractivity contribution is 7.41. The number of urea groups is 1. The second-order valence-electron chi connectivity index (χ2n) is 9.67. The van der Waals surface area contributed by atoms with Crippen molar-refractivity contribution in [2.45, 2.75) is 52.7 Å². The van der Waals surface area contributed by atoms with Gasteiger partial charge in [-0.1, -0.05) is 13.2 Å². The van der Waals surface area contributed by atoms with E-state index in [0.717, 1.165) is 15.6 Å². The zero-order valence-corrected chi connectivity index (χ0v) is 22.8. The van der Waals surface area contributed by atoms with E-state index < -0.39 is 31.7 Å². The quantitative estimate of drug-likeness (QED) is 0.130. The van der Waals surface area contributed by atoms with Crippen LogP contribution >= 0.6 is 8.60 Å². The number of imide groups is 1. The SMILES string of the molecule is C=C(/C=N/N1CC(=O)N(COP(OC(C)(C)C)OC(C)(C)C)C1=O)OC(=C)c1ccc(NOC)cc1. The smallest absolute Gasteiger partial charge is 0.349 e. The molecule has 0 unspecified atom stereocenters. The number of hydrazone groups is 1. The topological polar surface area (TPSA) is 111 Å². The molecule has 1 aliphatic heterocycles. The highest BCUT2D eigenvalue weighted by Crippen LogP contribution is 2.47. The summed E-state index contributed by atoms with van der Waals surface area (Å²) >= 11 is 0. The number of allylic oxidation sites excluding steroid dienone is 1. The van der Waals surface area contributed by atoms with Crippen LogP contribution in [0, 0.1) is 0 Å². The van der Waals surface area contributed by atoms with Crippen molar-refractivity contribution in [2.24, 2.45) is 5.10 Å². The van der Waals surface area contributed by atoms with Crippen molar-refractivity contribution in [3.63, 3.8) is 0 Å². The van der Waals surface area contributed by atoms with Gasteiger partial charge < -0.3 is 13.8 Å². The number of carbonyl (C=O) groups excluding carboxylic acids is 2. The highest BCUT2D eigenvalue weighted by atomic mass is 31.2. The third kappa shape index (κ3) is 9.67. The van der Waals surface area contributed by atoms with Crippen molar-refractivity contribution in [3.8, 4) is 0 Å². The van der Waals surface area contributed by atoms with Gasteiger partial charge >= 0.3 is 14.6 Å². The Bertz CT molecular complexity index is 968. The summed E-state index contributed by atoms with van der Waals surface area (Å²) in [5.74, 6) is -0.00523. The van der Waals surface area contributed by atoms with Crippen LogP contribution in [0.1, 0.15) is 47.1 Å². The molecule has 0 aromatic heterocycles. The van der Waals surface area contributed by atoms with Gasteiger partial charge in [0.15, 0.2) is 0 Å². The van der Waals surface area contributed by atoms with Gasteiger partial charge in [-0.15, -0.1) is 0 Å². The normalized spacial score (nSPS) is 14.8. The van der Waals surface area contributed by atoms with Crippen LogP contribution in [-0.2, 0) is 27.9 Å². The molecule has 1 aliphatic rings. The summed E-state index contributed by atoms with van der Waals surface area (Å²) in [4.78, 5) is 30.9. The molecule has 1 N–H and O–H groups in total. The van der Waals surface area contributed by atoms with Crippen LogP contribution in [-0.4, -0.2) is 59.6 Å². The number of hydrogen-bond donors (Lipinski definition) is 1. The van der Waals surface area contributed by atoms with E-state index in [1.54, 1.807) is 24.3 Å². The van der Waals surface area contributed by atoms with E-state index in [1.165, 1.54) is 13.3 Å². The standard InChI is InChI=1S/C24H35N4O7P/c1-17(33-18(2)19-10-12-20(13-11-19)26-31-9)14-25-28-15-21(29)27(22(28)30)16-32-36(34-23(3,4)5)35-24(6,7)8/h10-14,26H,1-2,15-16H2,3-9H3/b25-14+. The van der Waals surface area contributed by atoms with E-state index in [1.807, 2.05) is 41.5 Å². The first-order valence-electron chi connectivity index (χ1n) is 11.1. The lowest BCUT2D eigenvalue weighted by Crippen LogP contribution is -2.34. The summed E-state index contributed by atoms with van der Waals surface area (Å²) < 4.78 is 22.9. The average molecular weight is 523 g/mol. The molecule has 1 fully saturated rings. The molecule has 36 heavy (non-hydrogen) atoms. The minimum absolute atomic E-state index is 0.134. The molecule has 0 spiro atoms. The monoisotopic (exact) mass is 522 g/mol. The summed E-state index contributed by atoms with van der Waals surface area (Å²) in [6, 6.07) is 6.51. The first kappa shape index (κ1) is 29.4. The van der Waals surface area contributed by atoms with Crippen molar-refractivity contribution in [3.05, 3.63) is 48.7 Å². The molecule has 11 nitrogen and oxygen atoms in total. The number of anilines is 1. The van der Waals surface area contributed by atoms with Gasteiger partial charge in [0.25, 0.3) is 5.91 Å². The number of hydrogen-bond acceptors (Lipinski definition) is 9. The van der Waals surface area contributed by atoms with Crippen molar-refractivity contribution in [1.29, 1.82) is 0 Å². The lowest BCUT2D eigenvalue weighted by Gasteiger charge is -2.30. The maximum atomic E-state index is 12.7. The maximum Gasteiger partial charge on any atom is 0.349 e. The van der Waals surface area contributed by atoms with E-state index in [-0.39, 0.29) is 19.0 Å². The highest BCUT2D eigenvalue weighted by Gasteiger charge is 2.38. The molecule has 0 radical (unpaired) electrons. The van der Waals surface area contributed by atoms with Gasteiger partial charge in [-0.2, -0.15) is 5.10 Å². The Balaban J connectivity index is 1.93. The third-order valence-electron chi connectivity index (χ3n) is 4.05. The van der Waals surface area contributed by atoms with Crippen molar-refractivity contribution < 1.29 is 32.7 Å². The Morgan fingerprint density at radius 3 is 2.19 bits per heavy atom. The zero-order chi connectivity index (χ0) is 27.1. The predicted octanol–water partition coefficient (Wildman–Crippen LogP) is 5.24. The van der Waals surface area contributed by atoms with Gasteiger partial charge in [0.2, 0.25) is 0 Å². The summed E-state index contributed by atoms with van der Waals surface area (Å²) in [6.07, 6.45) is 1.24. The van der Waals surface area contributed by atoms with E-state index in [9.17, 15) is 9.59 Å². The number of nitrogens with zero attached hydrogens (tertiary/aromatic N) is 3. The van der Waals surface area contributed by atoms with Crippen molar-refractivity contribution in [1.82, 2.24) is 9.91 Å². The molecule has 0 saturated carbocycles. The Kier molecular flexibility index (Phi) is 10.2. The van der Waals surface area contributed by atoms with Crippen LogP contribution in [0.2, 0.25) is 0 Å². The van der Waals surface area contributed by atoms with Crippen LogP contribution in [0.5, 0.6) is 0 Å².